The van der Waals surface area contributed by atoms with Crippen molar-refractivity contribution < 1.29 is 13.2 Å². The van der Waals surface area contributed by atoms with E-state index in [9.17, 15) is 13.2 Å². The third-order valence-corrected chi connectivity index (χ3v) is 6.05. The molecule has 1 heterocycles. The van der Waals surface area contributed by atoms with Crippen molar-refractivity contribution in [3.63, 3.8) is 0 Å². The lowest BCUT2D eigenvalue weighted by Crippen LogP contribution is -2.46. The molecule has 1 aliphatic rings. The number of likely N-dealkylation sites (tertiary alicyclic amines) is 1. The van der Waals surface area contributed by atoms with E-state index in [2.05, 4.69) is 12.1 Å². The summed E-state index contributed by atoms with van der Waals surface area (Å²) in [7, 11) is -3.36. The van der Waals surface area contributed by atoms with E-state index in [1.807, 2.05) is 32.0 Å². The number of nitrogens with zero attached hydrogens (tertiary/aromatic N) is 1. The summed E-state index contributed by atoms with van der Waals surface area (Å²) in [6.07, 6.45) is 1.99. The summed E-state index contributed by atoms with van der Waals surface area (Å²) in [5.41, 5.74) is 1.21. The number of carbonyl (C=O) groups excluding carboxylic acids is 1. The summed E-state index contributed by atoms with van der Waals surface area (Å²) in [6, 6.07) is 10.2. The average Bonchev–Trinajstić information content (AvgIpc) is 2.72. The van der Waals surface area contributed by atoms with Crippen LogP contribution in [0.3, 0.4) is 0 Å². The average molecular weight is 309 g/mol. The monoisotopic (exact) mass is 309 g/mol. The zero-order valence-electron chi connectivity index (χ0n) is 13.0. The number of sulfone groups is 1. The largest absolute Gasteiger partial charge is 0.336 e. The molecule has 0 N–H and O–H groups in total. The summed E-state index contributed by atoms with van der Waals surface area (Å²) in [4.78, 5) is 14.3. The highest BCUT2D eigenvalue weighted by Crippen LogP contribution is 2.37. The molecule has 1 fully saturated rings. The van der Waals surface area contributed by atoms with Crippen molar-refractivity contribution in [3.05, 3.63) is 35.9 Å². The smallest absolute Gasteiger partial charge is 0.241 e. The van der Waals surface area contributed by atoms with Crippen LogP contribution in [0.1, 0.15) is 38.7 Å². The quantitative estimate of drug-likeness (QED) is 0.860. The van der Waals surface area contributed by atoms with Crippen molar-refractivity contribution in [1.82, 2.24) is 4.90 Å². The Balaban J connectivity index is 2.25. The lowest BCUT2D eigenvalue weighted by atomic mass is 9.92. The fourth-order valence-corrected chi connectivity index (χ4v) is 3.69. The Morgan fingerprint density at radius 1 is 1.24 bits per heavy atom. The Morgan fingerprint density at radius 2 is 1.81 bits per heavy atom. The molecule has 2 rings (SSSR count). The Morgan fingerprint density at radius 3 is 2.33 bits per heavy atom. The van der Waals surface area contributed by atoms with Crippen molar-refractivity contribution in [3.8, 4) is 0 Å². The van der Waals surface area contributed by atoms with Gasteiger partial charge in [-0.3, -0.25) is 4.79 Å². The zero-order chi connectivity index (χ0) is 15.8. The highest BCUT2D eigenvalue weighted by molar-refractivity contribution is 7.92. The van der Waals surface area contributed by atoms with Gasteiger partial charge in [-0.1, -0.05) is 30.3 Å². The van der Waals surface area contributed by atoms with Crippen LogP contribution in [0, 0.1) is 0 Å². The zero-order valence-corrected chi connectivity index (χ0v) is 13.8. The molecule has 5 heteroatoms. The maximum atomic E-state index is 12.5. The number of benzene rings is 1. The van der Waals surface area contributed by atoms with Gasteiger partial charge in [0.1, 0.15) is 5.25 Å². The second-order valence-corrected chi connectivity index (χ2v) is 8.43. The van der Waals surface area contributed by atoms with Crippen LogP contribution in [0.2, 0.25) is 0 Å². The summed E-state index contributed by atoms with van der Waals surface area (Å²) in [5.74, 6) is -0.0205. The van der Waals surface area contributed by atoms with Crippen LogP contribution < -0.4 is 0 Å². The Hall–Kier alpha value is -1.36. The van der Waals surface area contributed by atoms with Crippen molar-refractivity contribution in [2.75, 3.05) is 6.26 Å². The predicted molar refractivity (Wildman–Crippen MR) is 83.9 cm³/mol. The molecular weight excluding hydrogens is 286 g/mol. The molecule has 1 aromatic carbocycles. The van der Waals surface area contributed by atoms with Gasteiger partial charge in [0.25, 0.3) is 0 Å². The van der Waals surface area contributed by atoms with E-state index in [1.54, 1.807) is 4.90 Å². The lowest BCUT2D eigenvalue weighted by molar-refractivity contribution is -0.132. The summed E-state index contributed by atoms with van der Waals surface area (Å²) >= 11 is 0. The third kappa shape index (κ3) is 3.12. The highest BCUT2D eigenvalue weighted by atomic mass is 32.2. The molecule has 0 aliphatic carbocycles. The van der Waals surface area contributed by atoms with Crippen molar-refractivity contribution in [1.29, 1.82) is 0 Å². The Bertz CT molecular complexity index is 612. The lowest BCUT2D eigenvalue weighted by Gasteiger charge is -2.30. The van der Waals surface area contributed by atoms with Gasteiger partial charge in [-0.15, -0.1) is 0 Å². The molecule has 4 atom stereocenters. The highest BCUT2D eigenvalue weighted by Gasteiger charge is 2.42. The van der Waals surface area contributed by atoms with Crippen LogP contribution in [0.5, 0.6) is 0 Å². The SMILES string of the molecule is C[C@@H]1C[C@H](c2ccccc2)[C@H](C)N1C(=O)[C@@H](C)S(C)(=O)=O. The van der Waals surface area contributed by atoms with Gasteiger partial charge >= 0.3 is 0 Å². The van der Waals surface area contributed by atoms with Crippen LogP contribution >= 0.6 is 0 Å². The number of rotatable bonds is 3. The fraction of sp³-hybridized carbons (Fsp3) is 0.562. The number of hydrogen-bond donors (Lipinski definition) is 0. The molecule has 1 aromatic rings. The van der Waals surface area contributed by atoms with Gasteiger partial charge in [-0.05, 0) is 32.8 Å². The Labute approximate surface area is 127 Å². The number of amides is 1. The number of hydrogen-bond acceptors (Lipinski definition) is 3. The van der Waals surface area contributed by atoms with E-state index in [4.69, 9.17) is 0 Å². The first-order valence-corrected chi connectivity index (χ1v) is 9.25. The van der Waals surface area contributed by atoms with Crippen LogP contribution in [-0.2, 0) is 14.6 Å². The minimum Gasteiger partial charge on any atom is -0.336 e. The van der Waals surface area contributed by atoms with Gasteiger partial charge in [0.2, 0.25) is 5.91 Å². The molecule has 4 nitrogen and oxygen atoms in total. The molecule has 1 saturated heterocycles. The van der Waals surface area contributed by atoms with Gasteiger partial charge in [0, 0.05) is 24.3 Å². The molecular formula is C16H23NO3S. The normalized spacial score (nSPS) is 27.6. The molecule has 0 unspecified atom stereocenters. The molecule has 116 valence electrons. The van der Waals surface area contributed by atoms with E-state index in [-0.39, 0.29) is 23.9 Å². The van der Waals surface area contributed by atoms with Crippen molar-refractivity contribution >= 4 is 15.7 Å². The summed E-state index contributed by atoms with van der Waals surface area (Å²) in [6.45, 7) is 5.48. The minimum absolute atomic E-state index is 0.0131. The first-order valence-electron chi connectivity index (χ1n) is 7.29. The first-order chi connectivity index (χ1) is 9.73. The van der Waals surface area contributed by atoms with Crippen molar-refractivity contribution in [2.45, 2.75) is 50.4 Å². The van der Waals surface area contributed by atoms with Crippen LogP contribution in [-0.4, -0.2) is 42.8 Å². The minimum atomic E-state index is -3.36. The topological polar surface area (TPSA) is 54.5 Å². The summed E-state index contributed by atoms with van der Waals surface area (Å²) in [5, 5.41) is -0.975. The van der Waals surface area contributed by atoms with Gasteiger partial charge in [0.05, 0.1) is 0 Å². The third-order valence-electron chi connectivity index (χ3n) is 4.56. The molecule has 0 radical (unpaired) electrons. The van der Waals surface area contributed by atoms with Gasteiger partial charge in [-0.25, -0.2) is 8.42 Å². The van der Waals surface area contributed by atoms with E-state index in [0.29, 0.717) is 0 Å². The van der Waals surface area contributed by atoms with Gasteiger partial charge in [0.15, 0.2) is 9.84 Å². The standard InChI is InChI=1S/C16H23NO3S/c1-11-10-15(14-8-6-5-7-9-14)12(2)17(11)16(18)13(3)21(4,19)20/h5-9,11-13,15H,10H2,1-4H3/t11-,12+,13-,15+/m1/s1. The molecule has 0 saturated carbocycles. The van der Waals surface area contributed by atoms with Gasteiger partial charge in [-0.2, -0.15) is 0 Å². The molecule has 1 amide bonds. The van der Waals surface area contributed by atoms with Crippen molar-refractivity contribution in [2.24, 2.45) is 0 Å². The Kier molecular flexibility index (Phi) is 4.42. The molecule has 21 heavy (non-hydrogen) atoms. The maximum Gasteiger partial charge on any atom is 0.241 e. The molecule has 0 aromatic heterocycles. The molecule has 0 bridgehead atoms. The first kappa shape index (κ1) is 16.0. The predicted octanol–water partition coefficient (Wildman–Crippen LogP) is 2.21. The van der Waals surface area contributed by atoms with E-state index >= 15 is 0 Å². The van der Waals surface area contributed by atoms with E-state index in [1.165, 1.54) is 12.5 Å². The van der Waals surface area contributed by atoms with E-state index in [0.717, 1.165) is 12.7 Å². The molecule has 0 spiro atoms. The fourth-order valence-electron chi connectivity index (χ4n) is 3.20. The van der Waals surface area contributed by atoms with Gasteiger partial charge < -0.3 is 4.90 Å². The van der Waals surface area contributed by atoms with Crippen LogP contribution in [0.4, 0.5) is 0 Å². The molecule has 1 aliphatic heterocycles. The second kappa shape index (κ2) is 5.79. The van der Waals surface area contributed by atoms with Crippen LogP contribution in [0.15, 0.2) is 30.3 Å². The number of carbonyl (C=O) groups is 1. The second-order valence-electron chi connectivity index (χ2n) is 6.06. The summed E-state index contributed by atoms with van der Waals surface area (Å²) < 4.78 is 23.3. The van der Waals surface area contributed by atoms with Crippen LogP contribution in [0.25, 0.3) is 0 Å². The van der Waals surface area contributed by atoms with E-state index < -0.39 is 15.1 Å². The maximum absolute atomic E-state index is 12.5.